The molecule has 0 fully saturated rings. The number of aromatic nitrogens is 5. The highest BCUT2D eigenvalue weighted by Gasteiger charge is 2.15. The molecule has 108 valence electrons. The third kappa shape index (κ3) is 2.58. The Labute approximate surface area is 138 Å². The molecule has 0 saturated carbocycles. The van der Waals surface area contributed by atoms with Crippen LogP contribution >= 0.6 is 39.3 Å². The molecule has 0 saturated heterocycles. The van der Waals surface area contributed by atoms with Crippen molar-refractivity contribution in [3.63, 3.8) is 0 Å². The molecule has 21 heavy (non-hydrogen) atoms. The SMILES string of the molecule is CSc1nc(N)n2nc(-c3cc(Br)cc(Cl)c3C)nc2n1. The number of thioether (sulfide) groups is 1. The van der Waals surface area contributed by atoms with E-state index in [1.165, 1.54) is 16.3 Å². The second-order valence-electron chi connectivity index (χ2n) is 4.28. The molecule has 2 aromatic heterocycles. The first-order chi connectivity index (χ1) is 9.99. The summed E-state index contributed by atoms with van der Waals surface area (Å²) >= 11 is 11.0. The van der Waals surface area contributed by atoms with Gasteiger partial charge in [0.25, 0.3) is 5.78 Å². The Morgan fingerprint density at radius 3 is 2.76 bits per heavy atom. The third-order valence-corrected chi connectivity index (χ3v) is 4.34. The van der Waals surface area contributed by atoms with E-state index in [4.69, 9.17) is 17.3 Å². The average molecular weight is 386 g/mol. The summed E-state index contributed by atoms with van der Waals surface area (Å²) in [6, 6.07) is 3.74. The van der Waals surface area contributed by atoms with Crippen molar-refractivity contribution in [2.45, 2.75) is 12.1 Å². The maximum atomic E-state index is 6.20. The smallest absolute Gasteiger partial charge is 0.258 e. The van der Waals surface area contributed by atoms with Gasteiger partial charge in [-0.1, -0.05) is 39.3 Å². The number of nitrogens with zero attached hydrogens (tertiary/aromatic N) is 5. The molecule has 0 amide bonds. The first-order valence-corrected chi connectivity index (χ1v) is 8.29. The summed E-state index contributed by atoms with van der Waals surface area (Å²) in [5.74, 6) is 1.18. The Hall–Kier alpha value is -1.38. The predicted molar refractivity (Wildman–Crippen MR) is 87.7 cm³/mol. The van der Waals surface area contributed by atoms with Gasteiger partial charge >= 0.3 is 0 Å². The number of nitrogen functional groups attached to an aromatic ring is 1. The molecule has 0 unspecified atom stereocenters. The molecular weight excluding hydrogens is 376 g/mol. The molecule has 0 aliphatic heterocycles. The second kappa shape index (κ2) is 5.43. The van der Waals surface area contributed by atoms with Gasteiger partial charge in [-0.05, 0) is 30.9 Å². The zero-order chi connectivity index (χ0) is 15.1. The fourth-order valence-electron chi connectivity index (χ4n) is 1.87. The van der Waals surface area contributed by atoms with E-state index < -0.39 is 0 Å². The summed E-state index contributed by atoms with van der Waals surface area (Å²) in [7, 11) is 0. The number of benzene rings is 1. The molecule has 3 rings (SSSR count). The lowest BCUT2D eigenvalue weighted by atomic mass is 10.1. The molecule has 0 spiro atoms. The quantitative estimate of drug-likeness (QED) is 0.682. The van der Waals surface area contributed by atoms with Crippen LogP contribution < -0.4 is 5.73 Å². The number of hydrogen-bond donors (Lipinski definition) is 1. The van der Waals surface area contributed by atoms with Gasteiger partial charge in [-0.3, -0.25) is 0 Å². The highest BCUT2D eigenvalue weighted by Crippen LogP contribution is 2.31. The Bertz CT molecular complexity index is 849. The molecule has 2 heterocycles. The normalized spacial score (nSPS) is 11.2. The largest absolute Gasteiger partial charge is 0.368 e. The molecule has 0 bridgehead atoms. The minimum atomic E-state index is 0.252. The molecule has 0 aliphatic carbocycles. The first-order valence-electron chi connectivity index (χ1n) is 5.90. The second-order valence-corrected chi connectivity index (χ2v) is 6.37. The van der Waals surface area contributed by atoms with Gasteiger partial charge in [0.1, 0.15) is 0 Å². The molecule has 9 heteroatoms. The van der Waals surface area contributed by atoms with Crippen LogP contribution in [-0.2, 0) is 0 Å². The van der Waals surface area contributed by atoms with Crippen molar-refractivity contribution in [1.82, 2.24) is 24.6 Å². The molecular formula is C12H10BrClN6S. The molecule has 0 aliphatic rings. The average Bonchev–Trinajstić information content (AvgIpc) is 2.87. The number of hydrogen-bond acceptors (Lipinski definition) is 6. The van der Waals surface area contributed by atoms with E-state index in [0.717, 1.165) is 15.6 Å². The van der Waals surface area contributed by atoms with Gasteiger partial charge in [0.2, 0.25) is 5.95 Å². The molecule has 0 atom stereocenters. The fraction of sp³-hybridized carbons (Fsp3) is 0.167. The number of nitrogens with two attached hydrogens (primary N) is 1. The van der Waals surface area contributed by atoms with E-state index in [1.54, 1.807) is 0 Å². The van der Waals surface area contributed by atoms with Gasteiger partial charge in [0, 0.05) is 15.1 Å². The van der Waals surface area contributed by atoms with E-state index in [2.05, 4.69) is 36.0 Å². The van der Waals surface area contributed by atoms with Crippen LogP contribution in [-0.4, -0.2) is 30.8 Å². The fourth-order valence-corrected chi connectivity index (χ4v) is 3.04. The molecule has 6 nitrogen and oxygen atoms in total. The summed E-state index contributed by atoms with van der Waals surface area (Å²) in [6.45, 7) is 1.91. The summed E-state index contributed by atoms with van der Waals surface area (Å²) in [4.78, 5) is 12.9. The van der Waals surface area contributed by atoms with Gasteiger partial charge in [0.05, 0.1) is 0 Å². The van der Waals surface area contributed by atoms with Crippen LogP contribution in [0.5, 0.6) is 0 Å². The topological polar surface area (TPSA) is 82.0 Å². The molecule has 3 aromatic rings. The van der Waals surface area contributed by atoms with Crippen molar-refractivity contribution in [3.8, 4) is 11.4 Å². The molecule has 1 aromatic carbocycles. The van der Waals surface area contributed by atoms with Crippen molar-refractivity contribution in [3.05, 3.63) is 27.2 Å². The van der Waals surface area contributed by atoms with Gasteiger partial charge in [0.15, 0.2) is 11.0 Å². The monoisotopic (exact) mass is 384 g/mol. The van der Waals surface area contributed by atoms with Crippen molar-refractivity contribution in [1.29, 1.82) is 0 Å². The zero-order valence-electron chi connectivity index (χ0n) is 11.1. The lowest BCUT2D eigenvalue weighted by Gasteiger charge is -2.04. The van der Waals surface area contributed by atoms with Crippen molar-refractivity contribution >= 4 is 51.0 Å². The van der Waals surface area contributed by atoms with Crippen molar-refractivity contribution in [2.24, 2.45) is 0 Å². The van der Waals surface area contributed by atoms with Crippen molar-refractivity contribution in [2.75, 3.05) is 12.0 Å². The highest BCUT2D eigenvalue weighted by atomic mass is 79.9. The Morgan fingerprint density at radius 1 is 1.29 bits per heavy atom. The predicted octanol–water partition coefficient (Wildman–Crippen LogP) is 3.21. The van der Waals surface area contributed by atoms with Crippen LogP contribution in [0, 0.1) is 6.92 Å². The Kier molecular flexibility index (Phi) is 3.76. The van der Waals surface area contributed by atoms with Crippen LogP contribution in [0.15, 0.2) is 21.8 Å². The number of anilines is 1. The zero-order valence-corrected chi connectivity index (χ0v) is 14.3. The number of rotatable bonds is 2. The molecule has 2 N–H and O–H groups in total. The molecule has 0 radical (unpaired) electrons. The van der Waals surface area contributed by atoms with E-state index in [9.17, 15) is 0 Å². The number of halogens is 2. The van der Waals surface area contributed by atoms with Crippen molar-refractivity contribution < 1.29 is 0 Å². The third-order valence-electron chi connectivity index (χ3n) is 2.95. The van der Waals surface area contributed by atoms with E-state index in [-0.39, 0.29) is 5.95 Å². The van der Waals surface area contributed by atoms with Gasteiger partial charge in [-0.15, -0.1) is 5.10 Å². The Morgan fingerprint density at radius 2 is 2.05 bits per heavy atom. The standard InChI is InChI=1S/C12H10BrClN6S/c1-5-7(3-6(13)4-8(5)14)9-16-11-18-12(21-2)17-10(15)20(11)19-9/h3-4H,1-2H3,(H2,15,16,17,18,19). The van der Waals surface area contributed by atoms with E-state index in [1.807, 2.05) is 25.3 Å². The van der Waals surface area contributed by atoms with Crippen LogP contribution in [0.25, 0.3) is 17.2 Å². The summed E-state index contributed by atoms with van der Waals surface area (Å²) < 4.78 is 2.28. The van der Waals surface area contributed by atoms with Gasteiger partial charge in [-0.25, -0.2) is 0 Å². The Balaban J connectivity index is 2.25. The van der Waals surface area contributed by atoms with Crippen LogP contribution in [0.3, 0.4) is 0 Å². The van der Waals surface area contributed by atoms with Crippen LogP contribution in [0.1, 0.15) is 5.56 Å². The minimum Gasteiger partial charge on any atom is -0.368 e. The van der Waals surface area contributed by atoms with E-state index >= 15 is 0 Å². The van der Waals surface area contributed by atoms with E-state index in [0.29, 0.717) is 21.8 Å². The summed E-state index contributed by atoms with van der Waals surface area (Å²) in [5.41, 5.74) is 7.60. The highest BCUT2D eigenvalue weighted by molar-refractivity contribution is 9.10. The minimum absolute atomic E-state index is 0.252. The summed E-state index contributed by atoms with van der Waals surface area (Å²) in [6.07, 6.45) is 1.88. The van der Waals surface area contributed by atoms with Gasteiger partial charge < -0.3 is 5.73 Å². The van der Waals surface area contributed by atoms with Crippen LogP contribution in [0.2, 0.25) is 5.02 Å². The maximum absolute atomic E-state index is 6.20. The summed E-state index contributed by atoms with van der Waals surface area (Å²) in [5, 5.41) is 5.57. The maximum Gasteiger partial charge on any atom is 0.258 e. The first kappa shape index (κ1) is 14.6. The van der Waals surface area contributed by atoms with Crippen LogP contribution in [0.4, 0.5) is 5.95 Å². The lowest BCUT2D eigenvalue weighted by molar-refractivity contribution is 0.851. The number of fused-ring (bicyclic) bond motifs is 1. The lowest BCUT2D eigenvalue weighted by Crippen LogP contribution is -2.04. The van der Waals surface area contributed by atoms with Gasteiger partial charge in [-0.2, -0.15) is 19.5 Å².